The molecular formula is C16H23NOS. The van der Waals surface area contributed by atoms with E-state index in [9.17, 15) is 0 Å². The summed E-state index contributed by atoms with van der Waals surface area (Å²) >= 11 is 2.01. The van der Waals surface area contributed by atoms with Crippen molar-refractivity contribution in [3.05, 3.63) is 29.8 Å². The second-order valence-electron chi connectivity index (χ2n) is 5.85. The minimum atomic E-state index is 0.140. The fourth-order valence-corrected chi connectivity index (χ4v) is 4.09. The third-order valence-electron chi connectivity index (χ3n) is 4.26. The van der Waals surface area contributed by atoms with Crippen LogP contribution in [0, 0.1) is 0 Å². The first-order valence-corrected chi connectivity index (χ1v) is 8.52. The van der Waals surface area contributed by atoms with Crippen LogP contribution in [0.15, 0.2) is 24.3 Å². The lowest BCUT2D eigenvalue weighted by Crippen LogP contribution is -2.33. The lowest BCUT2D eigenvalue weighted by molar-refractivity contribution is 0.211. The third-order valence-corrected chi connectivity index (χ3v) is 5.45. The summed E-state index contributed by atoms with van der Waals surface area (Å²) in [5.74, 6) is 3.47. The van der Waals surface area contributed by atoms with Crippen LogP contribution >= 0.6 is 11.8 Å². The molecule has 2 atom stereocenters. The van der Waals surface area contributed by atoms with Gasteiger partial charge >= 0.3 is 0 Å². The Labute approximate surface area is 120 Å². The molecule has 2 aliphatic rings. The van der Waals surface area contributed by atoms with Crippen LogP contribution in [0.4, 0.5) is 0 Å². The zero-order chi connectivity index (χ0) is 13.1. The highest BCUT2D eigenvalue weighted by Gasteiger charge is 2.30. The van der Waals surface area contributed by atoms with E-state index >= 15 is 0 Å². The number of ether oxygens (including phenoxy) is 1. The van der Waals surface area contributed by atoms with Crippen molar-refractivity contribution in [3.63, 3.8) is 0 Å². The lowest BCUT2D eigenvalue weighted by atomic mass is 9.90. The van der Waals surface area contributed by atoms with Crippen molar-refractivity contribution in [2.75, 3.05) is 18.1 Å². The molecule has 0 aromatic heterocycles. The molecule has 2 fully saturated rings. The lowest BCUT2D eigenvalue weighted by Gasteiger charge is -2.27. The Kier molecular flexibility index (Phi) is 4.04. The average Bonchev–Trinajstić information content (AvgIpc) is 2.89. The number of nitrogens with one attached hydrogen (secondary N) is 1. The second-order valence-corrected chi connectivity index (χ2v) is 7.00. The van der Waals surface area contributed by atoms with E-state index < -0.39 is 0 Å². The molecule has 3 rings (SSSR count). The quantitative estimate of drug-likeness (QED) is 0.913. The fraction of sp³-hybridized carbons (Fsp3) is 0.625. The van der Waals surface area contributed by atoms with Gasteiger partial charge in [-0.1, -0.05) is 12.1 Å². The Morgan fingerprint density at radius 1 is 1.37 bits per heavy atom. The van der Waals surface area contributed by atoms with Crippen LogP contribution in [-0.4, -0.2) is 24.2 Å². The minimum absolute atomic E-state index is 0.140. The first-order chi connectivity index (χ1) is 9.26. The molecule has 0 radical (unpaired) electrons. The molecule has 104 valence electrons. The van der Waals surface area contributed by atoms with Gasteiger partial charge in [0, 0.05) is 11.3 Å². The van der Waals surface area contributed by atoms with Crippen LogP contribution in [0.5, 0.6) is 5.75 Å². The number of hydrogen-bond acceptors (Lipinski definition) is 3. The Morgan fingerprint density at radius 2 is 2.32 bits per heavy atom. The van der Waals surface area contributed by atoms with Crippen LogP contribution in [0.1, 0.15) is 38.2 Å². The molecule has 0 bridgehead atoms. The molecule has 2 heterocycles. The topological polar surface area (TPSA) is 21.3 Å². The van der Waals surface area contributed by atoms with E-state index in [-0.39, 0.29) is 5.54 Å². The van der Waals surface area contributed by atoms with Gasteiger partial charge in [-0.25, -0.2) is 0 Å². The van der Waals surface area contributed by atoms with Crippen molar-refractivity contribution < 1.29 is 4.74 Å². The summed E-state index contributed by atoms with van der Waals surface area (Å²) < 4.78 is 6.15. The maximum atomic E-state index is 6.15. The van der Waals surface area contributed by atoms with Gasteiger partial charge in [0.2, 0.25) is 0 Å². The van der Waals surface area contributed by atoms with Crippen molar-refractivity contribution in [3.8, 4) is 5.75 Å². The highest BCUT2D eigenvalue weighted by atomic mass is 32.2. The maximum absolute atomic E-state index is 6.15. The molecule has 0 aliphatic carbocycles. The highest BCUT2D eigenvalue weighted by Crippen LogP contribution is 2.32. The molecule has 2 unspecified atom stereocenters. The zero-order valence-corrected chi connectivity index (χ0v) is 12.5. The summed E-state index contributed by atoms with van der Waals surface area (Å²) in [7, 11) is 0. The molecule has 1 N–H and O–H groups in total. The molecular weight excluding hydrogens is 254 g/mol. The van der Waals surface area contributed by atoms with Gasteiger partial charge in [0.1, 0.15) is 11.9 Å². The van der Waals surface area contributed by atoms with E-state index in [1.54, 1.807) is 0 Å². The van der Waals surface area contributed by atoms with Crippen LogP contribution in [-0.2, 0) is 5.54 Å². The summed E-state index contributed by atoms with van der Waals surface area (Å²) in [5, 5.41) is 3.62. The normalized spacial score (nSPS) is 31.3. The van der Waals surface area contributed by atoms with Gasteiger partial charge in [-0.3, -0.25) is 0 Å². The van der Waals surface area contributed by atoms with Gasteiger partial charge in [0.05, 0.1) is 0 Å². The highest BCUT2D eigenvalue weighted by molar-refractivity contribution is 7.99. The van der Waals surface area contributed by atoms with Gasteiger partial charge in [-0.2, -0.15) is 11.8 Å². The van der Waals surface area contributed by atoms with Gasteiger partial charge in [0.15, 0.2) is 0 Å². The van der Waals surface area contributed by atoms with E-state index in [2.05, 4.69) is 36.5 Å². The van der Waals surface area contributed by atoms with Crippen LogP contribution in [0.25, 0.3) is 0 Å². The third kappa shape index (κ3) is 3.09. The predicted molar refractivity (Wildman–Crippen MR) is 82.0 cm³/mol. The van der Waals surface area contributed by atoms with Crippen LogP contribution in [0.2, 0.25) is 0 Å². The molecule has 0 amide bonds. The fourth-order valence-electron chi connectivity index (χ4n) is 3.05. The summed E-state index contributed by atoms with van der Waals surface area (Å²) in [6, 6.07) is 8.69. The first kappa shape index (κ1) is 13.3. The Morgan fingerprint density at radius 3 is 3.05 bits per heavy atom. The molecule has 2 aliphatic heterocycles. The number of rotatable bonds is 3. The van der Waals surface area contributed by atoms with E-state index in [1.165, 1.54) is 37.0 Å². The minimum Gasteiger partial charge on any atom is -0.490 e. The smallest absolute Gasteiger partial charge is 0.120 e. The van der Waals surface area contributed by atoms with Crippen LogP contribution in [0.3, 0.4) is 0 Å². The van der Waals surface area contributed by atoms with E-state index in [4.69, 9.17) is 4.74 Å². The van der Waals surface area contributed by atoms with Crippen molar-refractivity contribution in [1.82, 2.24) is 5.32 Å². The van der Waals surface area contributed by atoms with Gasteiger partial charge in [0.25, 0.3) is 0 Å². The maximum Gasteiger partial charge on any atom is 0.120 e. The molecule has 3 heteroatoms. The van der Waals surface area contributed by atoms with Crippen molar-refractivity contribution in [1.29, 1.82) is 0 Å². The Hall–Kier alpha value is -0.670. The SMILES string of the molecule is CC1(c2cccc(OC3CCCSC3)c2)CCCN1. The Bertz CT molecular complexity index is 423. The molecule has 2 nitrogen and oxygen atoms in total. The summed E-state index contributed by atoms with van der Waals surface area (Å²) in [5.41, 5.74) is 1.51. The molecule has 19 heavy (non-hydrogen) atoms. The number of benzene rings is 1. The Balaban J connectivity index is 1.72. The van der Waals surface area contributed by atoms with Crippen molar-refractivity contribution in [2.24, 2.45) is 0 Å². The average molecular weight is 277 g/mol. The van der Waals surface area contributed by atoms with Crippen LogP contribution < -0.4 is 10.1 Å². The van der Waals surface area contributed by atoms with E-state index in [0.717, 1.165) is 18.0 Å². The van der Waals surface area contributed by atoms with Gasteiger partial charge < -0.3 is 10.1 Å². The van der Waals surface area contributed by atoms with Gasteiger partial charge in [-0.05, 0) is 62.6 Å². The summed E-state index contributed by atoms with van der Waals surface area (Å²) in [6.45, 7) is 3.43. The summed E-state index contributed by atoms with van der Waals surface area (Å²) in [6.07, 6.45) is 5.37. The molecule has 0 spiro atoms. The first-order valence-electron chi connectivity index (χ1n) is 7.36. The molecule has 2 saturated heterocycles. The molecule has 0 saturated carbocycles. The van der Waals surface area contributed by atoms with Crippen molar-refractivity contribution >= 4 is 11.8 Å². The van der Waals surface area contributed by atoms with E-state index in [1.807, 2.05) is 11.8 Å². The number of hydrogen-bond donors (Lipinski definition) is 1. The standard InChI is InChI=1S/C16H23NOS/c1-16(8-4-9-17-16)13-5-2-6-14(11-13)18-15-7-3-10-19-12-15/h2,5-6,11,15,17H,3-4,7-10,12H2,1H3. The summed E-state index contributed by atoms with van der Waals surface area (Å²) in [4.78, 5) is 0. The number of thioether (sulfide) groups is 1. The predicted octanol–water partition coefficient (Wildman–Crippen LogP) is 3.56. The second kappa shape index (κ2) is 5.76. The largest absolute Gasteiger partial charge is 0.490 e. The van der Waals surface area contributed by atoms with E-state index in [0.29, 0.717) is 6.10 Å². The molecule has 1 aromatic carbocycles. The van der Waals surface area contributed by atoms with Crippen molar-refractivity contribution in [2.45, 2.75) is 44.2 Å². The zero-order valence-electron chi connectivity index (χ0n) is 11.7. The van der Waals surface area contributed by atoms with Gasteiger partial charge in [-0.15, -0.1) is 0 Å². The molecule has 1 aromatic rings. The monoisotopic (exact) mass is 277 g/mol.